The largest absolute Gasteiger partial charge is 0.294 e. The normalized spacial score (nSPS) is 10.5. The molecule has 0 aliphatic heterocycles. The van der Waals surface area contributed by atoms with E-state index in [1.807, 2.05) is 0 Å². The molecule has 5 heteroatoms. The van der Waals surface area contributed by atoms with Gasteiger partial charge in [-0.15, -0.1) is 0 Å². The maximum Gasteiger partial charge on any atom is 0.294 e. The van der Waals surface area contributed by atoms with Crippen molar-refractivity contribution in [1.29, 1.82) is 0 Å². The summed E-state index contributed by atoms with van der Waals surface area (Å²) in [7, 11) is -4.00. The zero-order valence-corrected chi connectivity index (χ0v) is 19.2. The van der Waals surface area contributed by atoms with E-state index in [9.17, 15) is 13.5 Å². The Labute approximate surface area is 174 Å². The van der Waals surface area contributed by atoms with Crippen LogP contribution in [0.15, 0.2) is 35.2 Å². The molecule has 0 amide bonds. The smallest absolute Gasteiger partial charge is 0.282 e. The molecule has 28 heavy (non-hydrogen) atoms. The zero-order chi connectivity index (χ0) is 21.5. The molecular formula is C23H43O4S. The molecule has 1 aromatic rings. The SMILES string of the molecule is CCCCCCCCCCCC.CCCCC[O].O=S(=O)(O)c1ccccc1. The van der Waals surface area contributed by atoms with Gasteiger partial charge >= 0.3 is 0 Å². The molecular weight excluding hydrogens is 372 g/mol. The third-order valence-corrected chi connectivity index (χ3v) is 5.11. The Balaban J connectivity index is 0. The van der Waals surface area contributed by atoms with Crippen LogP contribution in [0.3, 0.4) is 0 Å². The molecule has 0 heterocycles. The lowest BCUT2D eigenvalue weighted by Crippen LogP contribution is -1.96. The first-order chi connectivity index (χ1) is 13.4. The van der Waals surface area contributed by atoms with Gasteiger partial charge in [-0.25, -0.2) is 5.11 Å². The molecule has 4 nitrogen and oxygen atoms in total. The summed E-state index contributed by atoms with van der Waals surface area (Å²) in [4.78, 5) is -0.0741. The molecule has 165 valence electrons. The van der Waals surface area contributed by atoms with Crippen molar-refractivity contribution in [3.8, 4) is 0 Å². The third kappa shape index (κ3) is 23.1. The van der Waals surface area contributed by atoms with Gasteiger partial charge in [-0.2, -0.15) is 8.42 Å². The molecule has 0 fully saturated rings. The summed E-state index contributed by atoms with van der Waals surface area (Å²) in [6.45, 7) is 6.76. The van der Waals surface area contributed by atoms with Crippen LogP contribution in [-0.4, -0.2) is 19.6 Å². The zero-order valence-electron chi connectivity index (χ0n) is 18.4. The van der Waals surface area contributed by atoms with E-state index in [4.69, 9.17) is 4.55 Å². The van der Waals surface area contributed by atoms with Crippen molar-refractivity contribution >= 4 is 10.1 Å². The van der Waals surface area contributed by atoms with E-state index in [-0.39, 0.29) is 11.5 Å². The van der Waals surface area contributed by atoms with Gasteiger partial charge in [0.15, 0.2) is 0 Å². The van der Waals surface area contributed by atoms with Gasteiger partial charge in [0.1, 0.15) is 0 Å². The molecule has 0 spiro atoms. The Morgan fingerprint density at radius 1 is 0.643 bits per heavy atom. The molecule has 1 aromatic carbocycles. The summed E-state index contributed by atoms with van der Waals surface area (Å²) in [5, 5.41) is 9.69. The number of hydrogen-bond acceptors (Lipinski definition) is 2. The number of rotatable bonds is 13. The summed E-state index contributed by atoms with van der Waals surface area (Å²) in [6.07, 6.45) is 17.6. The fraction of sp³-hybridized carbons (Fsp3) is 0.739. The van der Waals surface area contributed by atoms with Crippen LogP contribution in [0.1, 0.15) is 104 Å². The van der Waals surface area contributed by atoms with Crippen LogP contribution in [0.4, 0.5) is 0 Å². The van der Waals surface area contributed by atoms with E-state index >= 15 is 0 Å². The minimum absolute atomic E-state index is 0.0741. The van der Waals surface area contributed by atoms with E-state index in [1.54, 1.807) is 18.2 Å². The second kappa shape index (κ2) is 22.4. The second-order valence-electron chi connectivity index (χ2n) is 7.03. The lowest BCUT2D eigenvalue weighted by molar-refractivity contribution is 0.186. The lowest BCUT2D eigenvalue weighted by atomic mass is 10.1. The van der Waals surface area contributed by atoms with Crippen molar-refractivity contribution in [3.05, 3.63) is 30.3 Å². The van der Waals surface area contributed by atoms with E-state index in [2.05, 4.69) is 20.8 Å². The van der Waals surface area contributed by atoms with Crippen LogP contribution in [0, 0.1) is 0 Å². The summed E-state index contributed by atoms with van der Waals surface area (Å²) < 4.78 is 29.2. The van der Waals surface area contributed by atoms with E-state index < -0.39 is 10.1 Å². The Morgan fingerprint density at radius 2 is 1.00 bits per heavy atom. The first-order valence-corrected chi connectivity index (χ1v) is 12.5. The molecule has 0 saturated heterocycles. The monoisotopic (exact) mass is 415 g/mol. The van der Waals surface area contributed by atoms with Crippen molar-refractivity contribution in [1.82, 2.24) is 0 Å². The van der Waals surface area contributed by atoms with E-state index in [0.29, 0.717) is 0 Å². The summed E-state index contributed by atoms with van der Waals surface area (Å²) >= 11 is 0. The highest BCUT2D eigenvalue weighted by Gasteiger charge is 2.05. The minimum atomic E-state index is -4.00. The highest BCUT2D eigenvalue weighted by molar-refractivity contribution is 7.85. The average Bonchev–Trinajstić information content (AvgIpc) is 2.69. The molecule has 0 bridgehead atoms. The quantitative estimate of drug-likeness (QED) is 0.268. The minimum Gasteiger partial charge on any atom is -0.282 e. The van der Waals surface area contributed by atoms with Crippen molar-refractivity contribution in [2.75, 3.05) is 6.61 Å². The van der Waals surface area contributed by atoms with Gasteiger partial charge in [-0.1, -0.05) is 116 Å². The number of unbranched alkanes of at least 4 members (excludes halogenated alkanes) is 11. The van der Waals surface area contributed by atoms with Gasteiger partial charge in [0.25, 0.3) is 10.1 Å². The molecule has 0 aromatic heterocycles. The molecule has 0 aliphatic carbocycles. The second-order valence-corrected chi connectivity index (χ2v) is 8.45. The summed E-state index contributed by atoms with van der Waals surface area (Å²) in [5.41, 5.74) is 0. The van der Waals surface area contributed by atoms with Crippen molar-refractivity contribution in [2.24, 2.45) is 0 Å². The predicted octanol–water partition coefficient (Wildman–Crippen LogP) is 7.47. The van der Waals surface area contributed by atoms with Gasteiger partial charge in [-0.05, 0) is 18.6 Å². The maximum absolute atomic E-state index is 10.4. The topological polar surface area (TPSA) is 74.3 Å². The fourth-order valence-corrected chi connectivity index (χ4v) is 3.01. The third-order valence-electron chi connectivity index (χ3n) is 4.25. The molecule has 1 rings (SSSR count). The Bertz CT molecular complexity index is 487. The van der Waals surface area contributed by atoms with Crippen LogP contribution < -0.4 is 0 Å². The van der Waals surface area contributed by atoms with Gasteiger partial charge < -0.3 is 0 Å². The van der Waals surface area contributed by atoms with Gasteiger partial charge in [0.05, 0.1) is 11.5 Å². The van der Waals surface area contributed by atoms with Crippen LogP contribution in [-0.2, 0) is 15.2 Å². The first-order valence-electron chi connectivity index (χ1n) is 11.0. The molecule has 1 radical (unpaired) electrons. The number of benzene rings is 1. The number of hydrogen-bond donors (Lipinski definition) is 1. The fourth-order valence-electron chi connectivity index (χ4n) is 2.51. The van der Waals surface area contributed by atoms with Crippen molar-refractivity contribution in [3.63, 3.8) is 0 Å². The highest BCUT2D eigenvalue weighted by Crippen LogP contribution is 2.10. The summed E-state index contributed by atoms with van der Waals surface area (Å²) in [6, 6.07) is 7.42. The van der Waals surface area contributed by atoms with Crippen LogP contribution in [0.25, 0.3) is 0 Å². The van der Waals surface area contributed by atoms with Crippen LogP contribution in [0.5, 0.6) is 0 Å². The van der Waals surface area contributed by atoms with Crippen molar-refractivity contribution < 1.29 is 18.1 Å². The molecule has 0 aliphatic rings. The van der Waals surface area contributed by atoms with Crippen LogP contribution >= 0.6 is 0 Å². The lowest BCUT2D eigenvalue weighted by Gasteiger charge is -1.99. The van der Waals surface area contributed by atoms with Crippen molar-refractivity contribution in [2.45, 2.75) is 109 Å². The molecule has 0 atom stereocenters. The summed E-state index contributed by atoms with van der Waals surface area (Å²) in [5.74, 6) is 0. The van der Waals surface area contributed by atoms with Gasteiger partial charge in [0, 0.05) is 0 Å². The van der Waals surface area contributed by atoms with Crippen LogP contribution in [0.2, 0.25) is 0 Å². The Morgan fingerprint density at radius 3 is 1.25 bits per heavy atom. The molecule has 0 unspecified atom stereocenters. The first kappa shape index (κ1) is 29.3. The van der Waals surface area contributed by atoms with E-state index in [1.165, 1.54) is 76.3 Å². The molecule has 0 saturated carbocycles. The van der Waals surface area contributed by atoms with Gasteiger partial charge in [-0.3, -0.25) is 4.55 Å². The average molecular weight is 416 g/mol. The maximum atomic E-state index is 10.4. The Hall–Kier alpha value is -0.910. The van der Waals surface area contributed by atoms with Gasteiger partial charge in [0.2, 0.25) is 0 Å². The van der Waals surface area contributed by atoms with E-state index in [0.717, 1.165) is 19.3 Å². The molecule has 1 N–H and O–H groups in total. The Kier molecular flexibility index (Phi) is 23.4. The standard InChI is InChI=1S/C12H26.C6H6O3S.C5H11O/c1-3-5-7-9-11-12-10-8-6-4-2;7-10(8,9)6-4-2-1-3-5-6;1-2-3-4-5-6/h3-12H2,1-2H3;1-5H,(H,7,8,9);2-5H2,1H3. The predicted molar refractivity (Wildman–Crippen MR) is 119 cm³/mol. The highest BCUT2D eigenvalue weighted by atomic mass is 32.2.